The quantitative estimate of drug-likeness (QED) is 0.568. The monoisotopic (exact) mass is 399 g/mol. The Labute approximate surface area is 144 Å². The average Bonchev–Trinajstić information content (AvgIpc) is 2.80. The largest absolute Gasteiger partial charge is 0.497 e. The topological polar surface area (TPSA) is 72.9 Å². The van der Waals surface area contributed by atoms with E-state index in [0.717, 1.165) is 5.56 Å². The predicted octanol–water partition coefficient (Wildman–Crippen LogP) is 1.66. The van der Waals surface area contributed by atoms with Gasteiger partial charge in [-0.15, -0.1) is 0 Å². The molecule has 0 bridgehead atoms. The Morgan fingerprint density at radius 2 is 2.13 bits per heavy atom. The molecule has 2 aliphatic rings. The van der Waals surface area contributed by atoms with Crippen molar-refractivity contribution in [1.82, 2.24) is 4.90 Å². The number of nitrogens with zero attached hydrogens (tertiary/aromatic N) is 1. The third kappa shape index (κ3) is 2.81. The second-order valence-corrected chi connectivity index (χ2v) is 7.20. The summed E-state index contributed by atoms with van der Waals surface area (Å²) in [5.74, 6) is -0.0423. The van der Waals surface area contributed by atoms with Crippen LogP contribution in [0.25, 0.3) is 0 Å². The summed E-state index contributed by atoms with van der Waals surface area (Å²) < 4.78 is 22.6. The van der Waals surface area contributed by atoms with Gasteiger partial charge in [0.2, 0.25) is 5.91 Å². The second kappa shape index (κ2) is 6.45. The molecule has 1 aromatic carbocycles. The second-order valence-electron chi connectivity index (χ2n) is 5.13. The third-order valence-electron chi connectivity index (χ3n) is 3.85. The number of fused-ring (bicyclic) bond motifs is 1. The minimum atomic E-state index is -1.37. The van der Waals surface area contributed by atoms with Gasteiger partial charge in [0.1, 0.15) is 17.7 Å². The van der Waals surface area contributed by atoms with Gasteiger partial charge in [-0.2, -0.15) is 0 Å². The molecule has 8 heteroatoms. The fourth-order valence-electron chi connectivity index (χ4n) is 2.58. The Balaban J connectivity index is 1.69. The van der Waals surface area contributed by atoms with Crippen LogP contribution in [0.3, 0.4) is 0 Å². The summed E-state index contributed by atoms with van der Waals surface area (Å²) in [5, 5.41) is -0.412. The van der Waals surface area contributed by atoms with Crippen LogP contribution in [0.1, 0.15) is 12.0 Å². The first-order chi connectivity index (χ1) is 11.1. The molecular weight excluding hydrogens is 386 g/mol. The van der Waals surface area contributed by atoms with Crippen molar-refractivity contribution in [2.24, 2.45) is 0 Å². The van der Waals surface area contributed by atoms with E-state index in [9.17, 15) is 13.8 Å². The number of carbonyl (C=O) groups is 2. The number of hydrogen-bond acceptors (Lipinski definition) is 5. The number of ether oxygens (including phenoxy) is 2. The van der Waals surface area contributed by atoms with Gasteiger partial charge >= 0.3 is 5.97 Å². The first-order valence-electron chi connectivity index (χ1n) is 6.88. The number of β-lactam (4-membered cyclic amide) rings is 1. The molecule has 2 aliphatic heterocycles. The van der Waals surface area contributed by atoms with Crippen LogP contribution in [0.2, 0.25) is 0 Å². The van der Waals surface area contributed by atoms with E-state index in [2.05, 4.69) is 15.9 Å². The van der Waals surface area contributed by atoms with Crippen molar-refractivity contribution in [2.75, 3.05) is 7.11 Å². The van der Waals surface area contributed by atoms with Crippen LogP contribution in [0.4, 0.5) is 0 Å². The molecule has 0 radical (unpaired) electrons. The fraction of sp³-hybridized carbons (Fsp3) is 0.333. The number of hydrogen-bond donors (Lipinski definition) is 0. The normalized spacial score (nSPS) is 27.6. The predicted molar refractivity (Wildman–Crippen MR) is 87.0 cm³/mol. The SMILES string of the molecule is COc1ccc(COC(=O)[C@H]2/C(=C/Br)S(=O)[C@@H]3CC(=O)N32)cc1. The van der Waals surface area contributed by atoms with Crippen molar-refractivity contribution >= 4 is 38.6 Å². The number of rotatable bonds is 4. The maximum atomic E-state index is 12.4. The molecule has 3 rings (SSSR count). The van der Waals surface area contributed by atoms with Gasteiger partial charge in [0.25, 0.3) is 0 Å². The summed E-state index contributed by atoms with van der Waals surface area (Å²) in [5.41, 5.74) is 0.800. The maximum absolute atomic E-state index is 12.4. The fourth-order valence-corrected chi connectivity index (χ4v) is 4.96. The van der Waals surface area contributed by atoms with Gasteiger partial charge in [-0.05, 0) is 22.7 Å². The van der Waals surface area contributed by atoms with Gasteiger partial charge in [-0.3, -0.25) is 9.00 Å². The van der Waals surface area contributed by atoms with Gasteiger partial charge < -0.3 is 14.4 Å². The summed E-state index contributed by atoms with van der Waals surface area (Å²) in [6.07, 6.45) is 0.208. The number of halogens is 1. The molecule has 23 heavy (non-hydrogen) atoms. The highest BCUT2D eigenvalue weighted by molar-refractivity contribution is 9.11. The lowest BCUT2D eigenvalue weighted by Crippen LogP contribution is -2.55. The molecule has 0 aliphatic carbocycles. The lowest BCUT2D eigenvalue weighted by Gasteiger charge is -2.35. The zero-order chi connectivity index (χ0) is 16.6. The molecule has 0 saturated carbocycles. The first kappa shape index (κ1) is 16.2. The van der Waals surface area contributed by atoms with Crippen molar-refractivity contribution in [1.29, 1.82) is 0 Å². The Hall–Kier alpha value is -1.67. The van der Waals surface area contributed by atoms with Crippen LogP contribution in [0, 0.1) is 0 Å². The molecule has 2 fully saturated rings. The molecule has 2 saturated heterocycles. The lowest BCUT2D eigenvalue weighted by atomic mass is 10.1. The van der Waals surface area contributed by atoms with E-state index in [4.69, 9.17) is 9.47 Å². The summed E-state index contributed by atoms with van der Waals surface area (Å²) >= 11 is 3.13. The molecule has 122 valence electrons. The van der Waals surface area contributed by atoms with Crippen LogP contribution in [-0.4, -0.2) is 39.5 Å². The maximum Gasteiger partial charge on any atom is 0.334 e. The molecule has 3 atom stereocenters. The molecule has 1 unspecified atom stereocenters. The standard InChI is InChI=1S/C15H14BrNO5S/c1-21-10-4-2-9(3-5-10)8-22-15(19)14-11(7-16)23(20)13-6-12(18)17(13)14/h2-5,7,13-14H,6,8H2,1H3/b11-7-/t13-,14-,23?/m1/s1. The Morgan fingerprint density at radius 1 is 1.43 bits per heavy atom. The Morgan fingerprint density at radius 3 is 2.70 bits per heavy atom. The molecule has 0 aromatic heterocycles. The number of carbonyl (C=O) groups excluding carboxylic acids is 2. The van der Waals surface area contributed by atoms with Crippen molar-refractivity contribution in [3.8, 4) is 5.75 Å². The average molecular weight is 400 g/mol. The van der Waals surface area contributed by atoms with Gasteiger partial charge in [0, 0.05) is 0 Å². The minimum absolute atomic E-state index is 0.0776. The summed E-state index contributed by atoms with van der Waals surface area (Å²) in [4.78, 5) is 27.2. The lowest BCUT2D eigenvalue weighted by molar-refractivity contribution is -0.159. The summed E-state index contributed by atoms with van der Waals surface area (Å²) in [7, 11) is 0.203. The molecule has 6 nitrogen and oxygen atoms in total. The highest BCUT2D eigenvalue weighted by atomic mass is 79.9. The first-order valence-corrected chi connectivity index (χ1v) is 9.01. The minimum Gasteiger partial charge on any atom is -0.497 e. The molecule has 1 aromatic rings. The van der Waals surface area contributed by atoms with Crippen molar-refractivity contribution in [3.05, 3.63) is 39.7 Å². The number of methoxy groups -OCH3 is 1. The van der Waals surface area contributed by atoms with Crippen LogP contribution >= 0.6 is 15.9 Å². The number of amides is 1. The van der Waals surface area contributed by atoms with Crippen molar-refractivity contribution < 1.29 is 23.3 Å². The zero-order valence-electron chi connectivity index (χ0n) is 12.2. The zero-order valence-corrected chi connectivity index (χ0v) is 14.6. The van der Waals surface area contributed by atoms with Gasteiger partial charge in [0.05, 0.1) is 29.2 Å². The van der Waals surface area contributed by atoms with Crippen molar-refractivity contribution in [3.63, 3.8) is 0 Å². The molecular formula is C15H14BrNO5S. The van der Waals surface area contributed by atoms with E-state index in [1.165, 1.54) is 9.89 Å². The van der Waals surface area contributed by atoms with E-state index in [-0.39, 0.29) is 18.9 Å². The Bertz CT molecular complexity index is 702. The smallest absolute Gasteiger partial charge is 0.334 e. The van der Waals surface area contributed by atoms with E-state index in [1.54, 1.807) is 31.4 Å². The molecule has 0 N–H and O–H groups in total. The number of benzene rings is 1. The highest BCUT2D eigenvalue weighted by Crippen LogP contribution is 2.40. The van der Waals surface area contributed by atoms with Crippen LogP contribution in [-0.2, 0) is 31.7 Å². The molecule has 1 amide bonds. The number of esters is 1. The van der Waals surface area contributed by atoms with E-state index < -0.39 is 28.2 Å². The highest BCUT2D eigenvalue weighted by Gasteiger charge is 2.56. The van der Waals surface area contributed by atoms with Gasteiger partial charge in [-0.25, -0.2) is 4.79 Å². The summed E-state index contributed by atoms with van der Waals surface area (Å²) in [6.45, 7) is 0.0776. The molecule has 2 heterocycles. The van der Waals surface area contributed by atoms with Gasteiger partial charge in [-0.1, -0.05) is 28.1 Å². The van der Waals surface area contributed by atoms with E-state index >= 15 is 0 Å². The Kier molecular flexibility index (Phi) is 4.54. The van der Waals surface area contributed by atoms with Crippen LogP contribution in [0.5, 0.6) is 5.75 Å². The third-order valence-corrected chi connectivity index (χ3v) is 6.34. The summed E-state index contributed by atoms with van der Waals surface area (Å²) in [6, 6.07) is 6.22. The van der Waals surface area contributed by atoms with Crippen LogP contribution in [0.15, 0.2) is 34.2 Å². The van der Waals surface area contributed by atoms with Gasteiger partial charge in [0.15, 0.2) is 6.04 Å². The van der Waals surface area contributed by atoms with E-state index in [0.29, 0.717) is 10.7 Å². The van der Waals surface area contributed by atoms with E-state index in [1.807, 2.05) is 0 Å². The molecule has 0 spiro atoms. The van der Waals surface area contributed by atoms with Crippen LogP contribution < -0.4 is 4.74 Å². The van der Waals surface area contributed by atoms with Crippen molar-refractivity contribution in [2.45, 2.75) is 24.4 Å².